The molecule has 11 nitrogen and oxygen atoms in total. The molecule has 1 aromatic heterocycles. The minimum absolute atomic E-state index is 0.157. The lowest BCUT2D eigenvalue weighted by Gasteiger charge is -2.44. The zero-order valence-corrected chi connectivity index (χ0v) is 23.5. The number of benzene rings is 2. The third-order valence-corrected chi connectivity index (χ3v) is 6.72. The second kappa shape index (κ2) is 12.4. The Morgan fingerprint density at radius 2 is 1.44 bits per heavy atom. The van der Waals surface area contributed by atoms with Crippen LogP contribution in [-0.2, 0) is 49.3 Å². The van der Waals surface area contributed by atoms with Crippen molar-refractivity contribution in [2.75, 3.05) is 6.61 Å². The van der Waals surface area contributed by atoms with E-state index < -0.39 is 54.5 Å². The lowest BCUT2D eigenvalue weighted by molar-refractivity contribution is -0.267. The molecule has 0 aliphatic carbocycles. The molecule has 1 saturated heterocycles. The van der Waals surface area contributed by atoms with Crippen LogP contribution in [0.1, 0.15) is 50.6 Å². The molecule has 0 radical (unpaired) electrons. The number of nitrogens with zero attached hydrogens (tertiary/aromatic N) is 1. The largest absolute Gasteiger partial charge is 0.508 e. The molecule has 1 aliphatic heterocycles. The summed E-state index contributed by atoms with van der Waals surface area (Å²) >= 11 is 0. The van der Waals surface area contributed by atoms with Crippen LogP contribution in [0.15, 0.2) is 48.7 Å². The van der Waals surface area contributed by atoms with Crippen molar-refractivity contribution in [3.63, 3.8) is 0 Å². The topological polar surface area (TPSA) is 140 Å². The van der Waals surface area contributed by atoms with Crippen molar-refractivity contribution >= 4 is 34.8 Å². The van der Waals surface area contributed by atoms with Crippen LogP contribution in [-0.4, -0.2) is 64.6 Å². The molecule has 2 aromatic carbocycles. The summed E-state index contributed by atoms with van der Waals surface area (Å²) < 4.78 is 30.2. The van der Waals surface area contributed by atoms with Gasteiger partial charge in [0.2, 0.25) is 0 Å². The number of aromatic nitrogens is 1. The zero-order valence-electron chi connectivity index (χ0n) is 23.5. The molecule has 1 aliphatic rings. The fourth-order valence-electron chi connectivity index (χ4n) is 5.19. The number of aryl methyl sites for hydroxylation is 1. The molecule has 0 bridgehead atoms. The number of hydrogen-bond acceptors (Lipinski definition) is 10. The van der Waals surface area contributed by atoms with Gasteiger partial charge >= 0.3 is 23.9 Å². The van der Waals surface area contributed by atoms with Gasteiger partial charge in [0.25, 0.3) is 0 Å². The summed E-state index contributed by atoms with van der Waals surface area (Å²) in [5.74, 6) is -2.49. The van der Waals surface area contributed by atoms with E-state index in [9.17, 15) is 24.3 Å². The van der Waals surface area contributed by atoms with Gasteiger partial charge in [-0.25, -0.2) is 0 Å². The molecule has 218 valence electrons. The van der Waals surface area contributed by atoms with Gasteiger partial charge in [-0.05, 0) is 48.2 Å². The van der Waals surface area contributed by atoms with Gasteiger partial charge < -0.3 is 33.4 Å². The van der Waals surface area contributed by atoms with Gasteiger partial charge in [0.15, 0.2) is 24.5 Å². The van der Waals surface area contributed by atoms with Gasteiger partial charge in [-0.2, -0.15) is 0 Å². The molecule has 3 aromatic rings. The monoisotopic (exact) mass is 567 g/mol. The average molecular weight is 568 g/mol. The molecule has 41 heavy (non-hydrogen) atoms. The quantitative estimate of drug-likeness (QED) is 0.318. The van der Waals surface area contributed by atoms with E-state index in [1.807, 2.05) is 43.5 Å². The first kappa shape index (κ1) is 29.6. The predicted molar refractivity (Wildman–Crippen MR) is 145 cm³/mol. The average Bonchev–Trinajstić information content (AvgIpc) is 3.25. The van der Waals surface area contributed by atoms with E-state index in [1.54, 1.807) is 16.7 Å². The summed E-state index contributed by atoms with van der Waals surface area (Å²) in [5, 5.41) is 10.7. The molecule has 4 rings (SSSR count). The molecule has 5 atom stereocenters. The Morgan fingerprint density at radius 3 is 2.05 bits per heavy atom. The van der Waals surface area contributed by atoms with Crippen LogP contribution >= 0.6 is 0 Å². The number of esters is 4. The summed E-state index contributed by atoms with van der Waals surface area (Å²) in [4.78, 5) is 48.3. The maximum Gasteiger partial charge on any atom is 0.303 e. The molecule has 1 fully saturated rings. The van der Waals surface area contributed by atoms with Crippen molar-refractivity contribution in [2.24, 2.45) is 0 Å². The number of ether oxygens (including phenoxy) is 5. The summed E-state index contributed by atoms with van der Waals surface area (Å²) in [6.45, 7) is 6.46. The number of carbonyl (C=O) groups excluding carboxylic acids is 4. The Balaban J connectivity index is 1.87. The second-order valence-corrected chi connectivity index (χ2v) is 9.96. The highest BCUT2D eigenvalue weighted by molar-refractivity contribution is 5.87. The Hall–Kier alpha value is -4.38. The van der Waals surface area contributed by atoms with Gasteiger partial charge in [0, 0.05) is 39.3 Å². The number of rotatable bonds is 8. The van der Waals surface area contributed by atoms with E-state index >= 15 is 0 Å². The van der Waals surface area contributed by atoms with Crippen LogP contribution in [0.5, 0.6) is 5.75 Å². The Labute approximate surface area is 236 Å². The number of aromatic hydroxyl groups is 1. The molecule has 0 amide bonds. The Kier molecular flexibility index (Phi) is 8.97. The number of phenolic OH excluding ortho intramolecular Hbond substituents is 1. The molecule has 1 N–H and O–H groups in total. The number of hydrogen-bond donors (Lipinski definition) is 1. The highest BCUT2D eigenvalue weighted by atomic mass is 16.7. The summed E-state index contributed by atoms with van der Waals surface area (Å²) in [6.07, 6.45) is -3.49. The first-order chi connectivity index (χ1) is 19.4. The molecule has 0 saturated carbocycles. The van der Waals surface area contributed by atoms with E-state index in [0.29, 0.717) is 6.42 Å². The summed E-state index contributed by atoms with van der Waals surface area (Å²) in [6, 6.07) is 12.6. The van der Waals surface area contributed by atoms with Crippen LogP contribution in [0.25, 0.3) is 10.9 Å². The van der Waals surface area contributed by atoms with E-state index in [4.69, 9.17) is 23.7 Å². The molecular formula is C30H33NO10. The van der Waals surface area contributed by atoms with Crippen LogP contribution in [0, 0.1) is 6.92 Å². The first-order valence-electron chi connectivity index (χ1n) is 13.1. The highest BCUT2D eigenvalue weighted by Crippen LogP contribution is 2.38. The summed E-state index contributed by atoms with van der Waals surface area (Å²) in [7, 11) is 0. The number of carbonyl (C=O) groups is 4. The van der Waals surface area contributed by atoms with Crippen LogP contribution in [0.4, 0.5) is 0 Å². The second-order valence-electron chi connectivity index (χ2n) is 9.96. The lowest BCUT2D eigenvalue weighted by Crippen LogP contribution is -2.60. The van der Waals surface area contributed by atoms with Crippen molar-refractivity contribution in [3.05, 3.63) is 65.4 Å². The van der Waals surface area contributed by atoms with Gasteiger partial charge in [-0.15, -0.1) is 0 Å². The lowest BCUT2D eigenvalue weighted by atomic mass is 9.97. The molecule has 0 unspecified atom stereocenters. The molecule has 0 spiro atoms. The smallest absolute Gasteiger partial charge is 0.303 e. The SMILES string of the molecule is CC(=O)OC[C@H]1O[C@@H](n2cc(Cc3ccc(O)cc3)c3c(C)cccc32)[C@H](OC(C)=O)[C@@H](OC(C)=O)[C@@H]1OC(C)=O. The van der Waals surface area contributed by atoms with E-state index in [1.165, 1.54) is 27.7 Å². The van der Waals surface area contributed by atoms with Crippen molar-refractivity contribution in [3.8, 4) is 5.75 Å². The normalized spacial score (nSPS) is 22.1. The zero-order chi connectivity index (χ0) is 29.8. The fraction of sp³-hybridized carbons (Fsp3) is 0.400. The highest BCUT2D eigenvalue weighted by Gasteiger charge is 2.53. The third-order valence-electron chi connectivity index (χ3n) is 6.72. The van der Waals surface area contributed by atoms with E-state index in [2.05, 4.69) is 0 Å². The minimum Gasteiger partial charge on any atom is -0.508 e. The number of fused-ring (bicyclic) bond motifs is 1. The molecular weight excluding hydrogens is 534 g/mol. The maximum atomic E-state index is 12.3. The van der Waals surface area contributed by atoms with Crippen molar-refractivity contribution in [1.29, 1.82) is 0 Å². The van der Waals surface area contributed by atoms with E-state index in [0.717, 1.165) is 27.6 Å². The van der Waals surface area contributed by atoms with Crippen molar-refractivity contribution in [2.45, 2.75) is 71.7 Å². The van der Waals surface area contributed by atoms with Gasteiger partial charge in [-0.1, -0.05) is 24.3 Å². The number of phenols is 1. The van der Waals surface area contributed by atoms with Crippen LogP contribution in [0.2, 0.25) is 0 Å². The maximum absolute atomic E-state index is 12.3. The standard InChI is InChI=1S/C30H33NO10/c1-16-7-6-8-24-26(16)22(13-21-9-11-23(36)12-10-21)14-31(24)30-29(40-20(5)35)28(39-19(4)34)27(38-18(3)33)25(41-30)15-37-17(2)32/h6-12,14,25,27-30,36H,13,15H2,1-5H3/t25-,27-,28+,29-,30-/m1/s1. The fourth-order valence-corrected chi connectivity index (χ4v) is 5.19. The van der Waals surface area contributed by atoms with Crippen LogP contribution in [0.3, 0.4) is 0 Å². The van der Waals surface area contributed by atoms with Crippen molar-refractivity contribution in [1.82, 2.24) is 4.57 Å². The first-order valence-corrected chi connectivity index (χ1v) is 13.1. The Morgan fingerprint density at radius 1 is 0.829 bits per heavy atom. The van der Waals surface area contributed by atoms with E-state index in [-0.39, 0.29) is 12.4 Å². The third kappa shape index (κ3) is 6.86. The van der Waals surface area contributed by atoms with Gasteiger partial charge in [-0.3, -0.25) is 19.2 Å². The van der Waals surface area contributed by atoms with Crippen LogP contribution < -0.4 is 0 Å². The van der Waals surface area contributed by atoms with Gasteiger partial charge in [0.1, 0.15) is 18.5 Å². The predicted octanol–water partition coefficient (Wildman–Crippen LogP) is 3.50. The Bertz CT molecular complexity index is 1440. The molecule has 2 heterocycles. The summed E-state index contributed by atoms with van der Waals surface area (Å²) in [5.41, 5.74) is 3.61. The molecule has 11 heteroatoms. The minimum atomic E-state index is -1.28. The van der Waals surface area contributed by atoms with Crippen molar-refractivity contribution < 1.29 is 48.0 Å². The van der Waals surface area contributed by atoms with Gasteiger partial charge in [0.05, 0.1) is 5.52 Å².